The minimum Gasteiger partial charge on any atom is -0.381 e. The molecule has 1 aromatic carbocycles. The SMILES string of the molecule is NCC1(c2ccc(C(F)(F)F)cc2)CCOCC1. The summed E-state index contributed by atoms with van der Waals surface area (Å²) in [6.45, 7) is 1.65. The molecule has 2 N–H and O–H groups in total. The van der Waals surface area contributed by atoms with Gasteiger partial charge in [-0.1, -0.05) is 12.1 Å². The molecule has 1 saturated heterocycles. The van der Waals surface area contributed by atoms with Crippen molar-refractivity contribution in [3.8, 4) is 0 Å². The van der Waals surface area contributed by atoms with E-state index in [4.69, 9.17) is 10.5 Å². The highest BCUT2D eigenvalue weighted by Crippen LogP contribution is 2.36. The lowest BCUT2D eigenvalue weighted by molar-refractivity contribution is -0.137. The summed E-state index contributed by atoms with van der Waals surface area (Å²) < 4.78 is 42.8. The first kappa shape index (κ1) is 13.4. The van der Waals surface area contributed by atoms with E-state index in [0.717, 1.165) is 30.5 Å². The Morgan fingerprint density at radius 3 is 2.11 bits per heavy atom. The Morgan fingerprint density at radius 2 is 1.67 bits per heavy atom. The lowest BCUT2D eigenvalue weighted by atomic mass is 9.74. The second-order valence-corrected chi connectivity index (χ2v) is 4.67. The molecule has 1 fully saturated rings. The molecule has 5 heteroatoms. The molecule has 0 aromatic heterocycles. The van der Waals surface area contributed by atoms with Gasteiger partial charge in [0.25, 0.3) is 0 Å². The molecule has 1 aliphatic rings. The fourth-order valence-corrected chi connectivity index (χ4v) is 2.39. The van der Waals surface area contributed by atoms with Crippen molar-refractivity contribution in [2.45, 2.75) is 24.4 Å². The second-order valence-electron chi connectivity index (χ2n) is 4.67. The summed E-state index contributed by atoms with van der Waals surface area (Å²) in [5.41, 5.74) is 5.84. The summed E-state index contributed by atoms with van der Waals surface area (Å²) >= 11 is 0. The van der Waals surface area contributed by atoms with Crippen molar-refractivity contribution >= 4 is 0 Å². The fourth-order valence-electron chi connectivity index (χ4n) is 2.39. The number of hydrogen-bond acceptors (Lipinski definition) is 2. The maximum atomic E-state index is 12.5. The normalized spacial score (nSPS) is 19.8. The summed E-state index contributed by atoms with van der Waals surface area (Å²) in [4.78, 5) is 0. The van der Waals surface area contributed by atoms with E-state index in [-0.39, 0.29) is 5.41 Å². The van der Waals surface area contributed by atoms with Crippen LogP contribution in [0.5, 0.6) is 0 Å². The largest absolute Gasteiger partial charge is 0.416 e. The zero-order valence-corrected chi connectivity index (χ0v) is 9.96. The number of hydrogen-bond donors (Lipinski definition) is 1. The van der Waals surface area contributed by atoms with Gasteiger partial charge in [0.1, 0.15) is 0 Å². The van der Waals surface area contributed by atoms with Crippen molar-refractivity contribution in [2.24, 2.45) is 5.73 Å². The van der Waals surface area contributed by atoms with E-state index in [0.29, 0.717) is 19.8 Å². The molecule has 2 nitrogen and oxygen atoms in total. The summed E-state index contributed by atoms with van der Waals surface area (Å²) in [5.74, 6) is 0. The maximum Gasteiger partial charge on any atom is 0.416 e. The molecular formula is C13H16F3NO. The number of alkyl halides is 3. The standard InChI is InChI=1S/C13H16F3NO/c14-13(15,16)11-3-1-10(2-4-11)12(9-17)5-7-18-8-6-12/h1-4H,5-9,17H2. The molecule has 0 amide bonds. The monoisotopic (exact) mass is 259 g/mol. The van der Waals surface area contributed by atoms with Crippen molar-refractivity contribution in [2.75, 3.05) is 19.8 Å². The first-order valence-electron chi connectivity index (χ1n) is 5.93. The third-order valence-corrected chi connectivity index (χ3v) is 3.67. The maximum absolute atomic E-state index is 12.5. The van der Waals surface area contributed by atoms with Crippen LogP contribution in [0.3, 0.4) is 0 Å². The van der Waals surface area contributed by atoms with Crippen LogP contribution in [0, 0.1) is 0 Å². The summed E-state index contributed by atoms with van der Waals surface area (Å²) in [5, 5.41) is 0. The lowest BCUT2D eigenvalue weighted by Gasteiger charge is -2.36. The lowest BCUT2D eigenvalue weighted by Crippen LogP contribution is -2.40. The van der Waals surface area contributed by atoms with Crippen molar-refractivity contribution in [3.05, 3.63) is 35.4 Å². The van der Waals surface area contributed by atoms with Gasteiger partial charge in [-0.3, -0.25) is 0 Å². The summed E-state index contributed by atoms with van der Waals surface area (Å²) in [7, 11) is 0. The van der Waals surface area contributed by atoms with E-state index < -0.39 is 11.7 Å². The van der Waals surface area contributed by atoms with Crippen molar-refractivity contribution in [3.63, 3.8) is 0 Å². The Labute approximate surface area is 104 Å². The van der Waals surface area contributed by atoms with E-state index in [9.17, 15) is 13.2 Å². The third-order valence-electron chi connectivity index (χ3n) is 3.67. The van der Waals surface area contributed by atoms with Gasteiger partial charge < -0.3 is 10.5 Å². The van der Waals surface area contributed by atoms with Gasteiger partial charge >= 0.3 is 6.18 Å². The molecule has 0 unspecified atom stereocenters. The Balaban J connectivity index is 2.27. The third kappa shape index (κ3) is 2.52. The van der Waals surface area contributed by atoms with E-state index in [1.54, 1.807) is 12.1 Å². The molecule has 1 aliphatic heterocycles. The van der Waals surface area contributed by atoms with Crippen LogP contribution < -0.4 is 5.73 Å². The van der Waals surface area contributed by atoms with E-state index in [1.165, 1.54) is 0 Å². The predicted molar refractivity (Wildman–Crippen MR) is 62.2 cm³/mol. The van der Waals surface area contributed by atoms with Crippen LogP contribution >= 0.6 is 0 Å². The van der Waals surface area contributed by atoms with E-state index in [1.807, 2.05) is 0 Å². The Morgan fingerprint density at radius 1 is 1.11 bits per heavy atom. The molecule has 0 saturated carbocycles. The molecular weight excluding hydrogens is 243 g/mol. The zero-order chi connectivity index (χ0) is 13.2. The van der Waals surface area contributed by atoms with Crippen molar-refractivity contribution in [1.29, 1.82) is 0 Å². The summed E-state index contributed by atoms with van der Waals surface area (Å²) in [6.07, 6.45) is -2.77. The van der Waals surface area contributed by atoms with E-state index in [2.05, 4.69) is 0 Å². The number of halogens is 3. The van der Waals surface area contributed by atoms with Gasteiger partial charge in [0.05, 0.1) is 5.56 Å². The first-order valence-corrected chi connectivity index (χ1v) is 5.93. The van der Waals surface area contributed by atoms with Crippen LogP contribution in [0.4, 0.5) is 13.2 Å². The zero-order valence-electron chi connectivity index (χ0n) is 9.96. The number of ether oxygens (including phenoxy) is 1. The minimum atomic E-state index is -4.29. The molecule has 0 aliphatic carbocycles. The van der Waals surface area contributed by atoms with Crippen LogP contribution in [0.2, 0.25) is 0 Å². The van der Waals surface area contributed by atoms with E-state index >= 15 is 0 Å². The fraction of sp³-hybridized carbons (Fsp3) is 0.538. The molecule has 1 heterocycles. The van der Waals surface area contributed by atoms with Crippen LogP contribution in [-0.2, 0) is 16.3 Å². The Hall–Kier alpha value is -1.07. The first-order chi connectivity index (χ1) is 8.48. The average Bonchev–Trinajstić information content (AvgIpc) is 2.39. The van der Waals surface area contributed by atoms with Gasteiger partial charge in [0, 0.05) is 25.2 Å². The molecule has 0 atom stereocenters. The van der Waals surface area contributed by atoms with Gasteiger partial charge in [-0.15, -0.1) is 0 Å². The second kappa shape index (κ2) is 4.90. The molecule has 18 heavy (non-hydrogen) atoms. The molecule has 0 spiro atoms. The highest BCUT2D eigenvalue weighted by molar-refractivity contribution is 5.31. The predicted octanol–water partition coefficient (Wildman–Crippen LogP) is 2.71. The number of rotatable bonds is 2. The van der Waals surface area contributed by atoms with Crippen LogP contribution in [-0.4, -0.2) is 19.8 Å². The smallest absolute Gasteiger partial charge is 0.381 e. The summed E-state index contributed by atoms with van der Waals surface area (Å²) in [6, 6.07) is 5.34. The molecule has 0 radical (unpaired) electrons. The van der Waals surface area contributed by atoms with Crippen LogP contribution in [0.1, 0.15) is 24.0 Å². The Kier molecular flexibility index (Phi) is 3.64. The van der Waals surface area contributed by atoms with Crippen LogP contribution in [0.15, 0.2) is 24.3 Å². The topological polar surface area (TPSA) is 35.2 Å². The van der Waals surface area contributed by atoms with Gasteiger partial charge in [0.2, 0.25) is 0 Å². The minimum absolute atomic E-state index is 0.234. The van der Waals surface area contributed by atoms with Gasteiger partial charge in [0.15, 0.2) is 0 Å². The van der Waals surface area contributed by atoms with Gasteiger partial charge in [-0.05, 0) is 30.5 Å². The molecule has 100 valence electrons. The highest BCUT2D eigenvalue weighted by atomic mass is 19.4. The Bertz CT molecular complexity index is 394. The number of nitrogens with two attached hydrogens (primary N) is 1. The van der Waals surface area contributed by atoms with Gasteiger partial charge in [-0.25, -0.2) is 0 Å². The van der Waals surface area contributed by atoms with Crippen molar-refractivity contribution < 1.29 is 17.9 Å². The van der Waals surface area contributed by atoms with Gasteiger partial charge in [-0.2, -0.15) is 13.2 Å². The highest BCUT2D eigenvalue weighted by Gasteiger charge is 2.35. The van der Waals surface area contributed by atoms with Crippen molar-refractivity contribution in [1.82, 2.24) is 0 Å². The molecule has 1 aromatic rings. The molecule has 0 bridgehead atoms. The van der Waals surface area contributed by atoms with Crippen LogP contribution in [0.25, 0.3) is 0 Å². The average molecular weight is 259 g/mol. The number of benzene rings is 1. The molecule has 2 rings (SSSR count). The quantitative estimate of drug-likeness (QED) is 0.886.